The van der Waals surface area contributed by atoms with Crippen LogP contribution >= 0.6 is 0 Å². The molecule has 0 aromatic heterocycles. The number of hydrogen-bond acceptors (Lipinski definition) is 2. The van der Waals surface area contributed by atoms with E-state index >= 15 is 0 Å². The van der Waals surface area contributed by atoms with Crippen molar-refractivity contribution in [2.75, 3.05) is 11.1 Å². The van der Waals surface area contributed by atoms with Crippen LogP contribution in [0.25, 0.3) is 0 Å². The molecule has 20 heavy (non-hydrogen) atoms. The predicted molar refractivity (Wildman–Crippen MR) is 78.9 cm³/mol. The fraction of sp³-hybridized carbons (Fsp3) is 0.188. The number of nitrogens with one attached hydrogen (secondary N) is 1. The lowest BCUT2D eigenvalue weighted by molar-refractivity contribution is -0.116. The molecular formula is C16H17FN2O. The van der Waals surface area contributed by atoms with Crippen LogP contribution in [0.2, 0.25) is 0 Å². The Labute approximate surface area is 117 Å². The molecule has 0 aliphatic rings. The number of nitrogens with two attached hydrogens (primary N) is 1. The number of rotatable bonds is 4. The minimum Gasteiger partial charge on any atom is -0.396 e. The van der Waals surface area contributed by atoms with Gasteiger partial charge in [0.2, 0.25) is 5.91 Å². The summed E-state index contributed by atoms with van der Waals surface area (Å²) in [5.41, 5.74) is 8.17. The summed E-state index contributed by atoms with van der Waals surface area (Å²) in [6.45, 7) is 2.02. The highest BCUT2D eigenvalue weighted by molar-refractivity contribution is 5.91. The van der Waals surface area contributed by atoms with Gasteiger partial charge in [-0.2, -0.15) is 0 Å². The topological polar surface area (TPSA) is 55.1 Å². The average Bonchev–Trinajstić information content (AvgIpc) is 2.42. The Balaban J connectivity index is 1.89. The zero-order chi connectivity index (χ0) is 14.5. The summed E-state index contributed by atoms with van der Waals surface area (Å²) in [5.74, 6) is -0.670. The van der Waals surface area contributed by atoms with Gasteiger partial charge in [-0.15, -0.1) is 0 Å². The Kier molecular flexibility index (Phi) is 4.35. The largest absolute Gasteiger partial charge is 0.396 e. The van der Waals surface area contributed by atoms with Crippen molar-refractivity contribution in [2.24, 2.45) is 0 Å². The third-order valence-corrected chi connectivity index (χ3v) is 3.05. The number of anilines is 2. The second kappa shape index (κ2) is 6.19. The van der Waals surface area contributed by atoms with Crippen LogP contribution in [0.1, 0.15) is 17.5 Å². The van der Waals surface area contributed by atoms with Crippen LogP contribution in [0, 0.1) is 12.7 Å². The van der Waals surface area contributed by atoms with E-state index in [9.17, 15) is 9.18 Å². The van der Waals surface area contributed by atoms with Gasteiger partial charge in [-0.05, 0) is 37.1 Å². The maximum atomic E-state index is 13.2. The standard InChI is InChI=1S/C16H17FN2O/c1-11-2-4-12(5-3-11)6-9-16(20)19-13-7-8-15(18)14(17)10-13/h2-5,7-8,10H,6,9,18H2,1H3,(H,19,20). The number of benzene rings is 2. The van der Waals surface area contributed by atoms with Crippen LogP contribution in [0.3, 0.4) is 0 Å². The smallest absolute Gasteiger partial charge is 0.224 e. The van der Waals surface area contributed by atoms with Crippen molar-refractivity contribution >= 4 is 17.3 Å². The van der Waals surface area contributed by atoms with Crippen molar-refractivity contribution in [1.29, 1.82) is 0 Å². The Morgan fingerprint density at radius 1 is 1.20 bits per heavy atom. The SMILES string of the molecule is Cc1ccc(CCC(=O)Nc2ccc(N)c(F)c2)cc1. The summed E-state index contributed by atoms with van der Waals surface area (Å²) in [5, 5.41) is 2.66. The number of carbonyl (C=O) groups is 1. The van der Waals surface area contributed by atoms with Crippen molar-refractivity contribution in [2.45, 2.75) is 19.8 Å². The first-order valence-electron chi connectivity index (χ1n) is 6.45. The molecular weight excluding hydrogens is 255 g/mol. The normalized spacial score (nSPS) is 10.3. The Bertz CT molecular complexity index is 608. The molecule has 4 heteroatoms. The zero-order valence-electron chi connectivity index (χ0n) is 11.3. The van der Waals surface area contributed by atoms with Gasteiger partial charge in [-0.25, -0.2) is 4.39 Å². The van der Waals surface area contributed by atoms with E-state index in [2.05, 4.69) is 5.32 Å². The number of carbonyl (C=O) groups excluding carboxylic acids is 1. The van der Waals surface area contributed by atoms with Crippen LogP contribution in [-0.2, 0) is 11.2 Å². The maximum Gasteiger partial charge on any atom is 0.224 e. The summed E-state index contributed by atoms with van der Waals surface area (Å²) >= 11 is 0. The van der Waals surface area contributed by atoms with Crippen LogP contribution in [0.15, 0.2) is 42.5 Å². The van der Waals surface area contributed by atoms with Crippen LogP contribution in [-0.4, -0.2) is 5.91 Å². The van der Waals surface area contributed by atoms with Crippen molar-refractivity contribution in [1.82, 2.24) is 0 Å². The fourth-order valence-electron chi connectivity index (χ4n) is 1.84. The van der Waals surface area contributed by atoms with Gasteiger partial charge in [0, 0.05) is 12.1 Å². The first kappa shape index (κ1) is 14.1. The van der Waals surface area contributed by atoms with Gasteiger partial charge in [-0.1, -0.05) is 29.8 Å². The molecule has 0 radical (unpaired) electrons. The van der Waals surface area contributed by atoms with Crippen molar-refractivity contribution < 1.29 is 9.18 Å². The molecule has 0 spiro atoms. The average molecular weight is 272 g/mol. The van der Waals surface area contributed by atoms with Gasteiger partial charge in [0.05, 0.1) is 5.69 Å². The number of amides is 1. The molecule has 0 aliphatic carbocycles. The zero-order valence-corrected chi connectivity index (χ0v) is 11.3. The number of nitrogen functional groups attached to an aromatic ring is 1. The Hall–Kier alpha value is -2.36. The van der Waals surface area contributed by atoms with Gasteiger partial charge < -0.3 is 11.1 Å². The van der Waals surface area contributed by atoms with E-state index in [4.69, 9.17) is 5.73 Å². The second-order valence-electron chi connectivity index (χ2n) is 4.77. The van der Waals surface area contributed by atoms with Gasteiger partial charge in [0.15, 0.2) is 0 Å². The van der Waals surface area contributed by atoms with E-state index in [0.717, 1.165) is 5.56 Å². The molecule has 0 unspecified atom stereocenters. The van der Waals surface area contributed by atoms with E-state index in [0.29, 0.717) is 18.5 Å². The lowest BCUT2D eigenvalue weighted by atomic mass is 10.1. The third-order valence-electron chi connectivity index (χ3n) is 3.05. The second-order valence-corrected chi connectivity index (χ2v) is 4.77. The molecule has 2 rings (SSSR count). The lowest BCUT2D eigenvalue weighted by Gasteiger charge is -2.06. The van der Waals surface area contributed by atoms with Gasteiger partial charge in [-0.3, -0.25) is 4.79 Å². The Morgan fingerprint density at radius 2 is 1.90 bits per heavy atom. The van der Waals surface area contributed by atoms with Crippen molar-refractivity contribution in [3.63, 3.8) is 0 Å². The van der Waals surface area contributed by atoms with Crippen molar-refractivity contribution in [3.05, 3.63) is 59.4 Å². The van der Waals surface area contributed by atoms with Crippen LogP contribution in [0.4, 0.5) is 15.8 Å². The molecule has 0 aliphatic heterocycles. The fourth-order valence-corrected chi connectivity index (χ4v) is 1.84. The molecule has 1 amide bonds. The molecule has 0 saturated heterocycles. The number of halogens is 1. The van der Waals surface area contributed by atoms with Crippen molar-refractivity contribution in [3.8, 4) is 0 Å². The molecule has 3 N–H and O–H groups in total. The molecule has 0 atom stereocenters. The summed E-state index contributed by atoms with van der Waals surface area (Å²) < 4.78 is 13.2. The van der Waals surface area contributed by atoms with Crippen LogP contribution in [0.5, 0.6) is 0 Å². The molecule has 0 bridgehead atoms. The highest BCUT2D eigenvalue weighted by atomic mass is 19.1. The summed E-state index contributed by atoms with van der Waals surface area (Å²) in [7, 11) is 0. The first-order chi connectivity index (χ1) is 9.54. The quantitative estimate of drug-likeness (QED) is 0.839. The molecule has 0 heterocycles. The lowest BCUT2D eigenvalue weighted by Crippen LogP contribution is -2.12. The van der Waals surface area contributed by atoms with E-state index < -0.39 is 5.82 Å². The molecule has 2 aromatic rings. The minimum atomic E-state index is -0.527. The highest BCUT2D eigenvalue weighted by Gasteiger charge is 2.05. The predicted octanol–water partition coefficient (Wildman–Crippen LogP) is 3.29. The van der Waals surface area contributed by atoms with Gasteiger partial charge in [0.25, 0.3) is 0 Å². The van der Waals surface area contributed by atoms with E-state index in [1.165, 1.54) is 17.7 Å². The summed E-state index contributed by atoms with van der Waals surface area (Å²) in [6, 6.07) is 12.3. The summed E-state index contributed by atoms with van der Waals surface area (Å²) in [4.78, 5) is 11.8. The van der Waals surface area contributed by atoms with E-state index in [1.54, 1.807) is 6.07 Å². The molecule has 0 fully saturated rings. The summed E-state index contributed by atoms with van der Waals surface area (Å²) in [6.07, 6.45) is 1.01. The molecule has 2 aromatic carbocycles. The van der Waals surface area contributed by atoms with E-state index in [-0.39, 0.29) is 11.6 Å². The third kappa shape index (κ3) is 3.82. The maximum absolute atomic E-state index is 13.2. The van der Waals surface area contributed by atoms with Gasteiger partial charge in [0.1, 0.15) is 5.82 Å². The molecule has 0 saturated carbocycles. The van der Waals surface area contributed by atoms with E-state index in [1.807, 2.05) is 31.2 Å². The molecule has 104 valence electrons. The van der Waals surface area contributed by atoms with Gasteiger partial charge >= 0.3 is 0 Å². The minimum absolute atomic E-state index is 0.0719. The number of hydrogen-bond donors (Lipinski definition) is 2. The van der Waals surface area contributed by atoms with Crippen LogP contribution < -0.4 is 11.1 Å². The highest BCUT2D eigenvalue weighted by Crippen LogP contribution is 2.16. The molecule has 3 nitrogen and oxygen atoms in total. The first-order valence-corrected chi connectivity index (χ1v) is 6.45. The number of aryl methyl sites for hydroxylation is 2. The monoisotopic (exact) mass is 272 g/mol. The Morgan fingerprint density at radius 3 is 2.55 bits per heavy atom.